The Morgan fingerprint density at radius 2 is 1.72 bits per heavy atom. The van der Waals surface area contributed by atoms with Gasteiger partial charge >= 0.3 is 0 Å². The van der Waals surface area contributed by atoms with E-state index < -0.39 is 0 Å². The molecule has 2 N–H and O–H groups in total. The molecular formula is C19H13Br2N3O. The zero-order valence-electron chi connectivity index (χ0n) is 13.3. The Kier molecular flexibility index (Phi) is 5.07. The van der Waals surface area contributed by atoms with Crippen molar-refractivity contribution in [3.8, 4) is 34.1 Å². The fraction of sp³-hybridized carbons (Fsp3) is 0.0526. The van der Waals surface area contributed by atoms with Crippen LogP contribution in [0.2, 0.25) is 0 Å². The normalized spacial score (nSPS) is 10.3. The summed E-state index contributed by atoms with van der Waals surface area (Å²) >= 11 is 7.03. The van der Waals surface area contributed by atoms with E-state index in [2.05, 4.69) is 42.9 Å². The van der Waals surface area contributed by atoms with Gasteiger partial charge in [-0.05, 0) is 55.1 Å². The first-order valence-corrected chi connectivity index (χ1v) is 8.92. The number of aromatic nitrogens is 1. The first-order chi connectivity index (χ1) is 12.1. The van der Waals surface area contributed by atoms with Crippen LogP contribution in [0.15, 0.2) is 57.6 Å². The molecule has 0 saturated carbocycles. The van der Waals surface area contributed by atoms with Crippen LogP contribution in [-0.4, -0.2) is 12.1 Å². The smallest absolute Gasteiger partial charge is 0.147 e. The molecular weight excluding hydrogens is 446 g/mol. The van der Waals surface area contributed by atoms with Gasteiger partial charge in [0.15, 0.2) is 0 Å². The van der Waals surface area contributed by atoms with Gasteiger partial charge in [0.2, 0.25) is 0 Å². The number of hydrogen-bond acceptors (Lipinski definition) is 4. The monoisotopic (exact) mass is 457 g/mol. The highest BCUT2D eigenvalue weighted by molar-refractivity contribution is 9.11. The molecule has 1 heterocycles. The third kappa shape index (κ3) is 3.26. The van der Waals surface area contributed by atoms with Crippen LogP contribution in [0.1, 0.15) is 5.56 Å². The molecule has 0 fully saturated rings. The second kappa shape index (κ2) is 7.26. The second-order valence-electron chi connectivity index (χ2n) is 5.26. The van der Waals surface area contributed by atoms with E-state index >= 15 is 0 Å². The quantitative estimate of drug-likeness (QED) is 0.570. The molecule has 0 amide bonds. The molecule has 0 aliphatic rings. The molecule has 0 unspecified atom stereocenters. The van der Waals surface area contributed by atoms with E-state index in [0.29, 0.717) is 11.3 Å². The second-order valence-corrected chi connectivity index (χ2v) is 6.97. The first kappa shape index (κ1) is 17.5. The summed E-state index contributed by atoms with van der Waals surface area (Å²) in [4.78, 5) is 4.20. The molecule has 3 aromatic rings. The van der Waals surface area contributed by atoms with Gasteiger partial charge in [-0.2, -0.15) is 5.26 Å². The summed E-state index contributed by atoms with van der Waals surface area (Å²) in [6, 6.07) is 15.8. The molecule has 0 radical (unpaired) electrons. The number of pyridine rings is 1. The molecule has 0 spiro atoms. The van der Waals surface area contributed by atoms with Crippen molar-refractivity contribution in [2.75, 3.05) is 12.8 Å². The predicted molar refractivity (Wildman–Crippen MR) is 106 cm³/mol. The van der Waals surface area contributed by atoms with Gasteiger partial charge in [0.05, 0.1) is 16.1 Å². The summed E-state index contributed by atoms with van der Waals surface area (Å²) in [5.74, 6) is 0.894. The number of nitriles is 1. The minimum atomic E-state index is 0.209. The summed E-state index contributed by atoms with van der Waals surface area (Å²) in [5.41, 5.74) is 9.70. The SMILES string of the molecule is COc1c(Br)cc(-c2c(-c3ccccc3)cnc(N)c2C#N)cc1Br. The Bertz CT molecular complexity index is 959. The van der Waals surface area contributed by atoms with Gasteiger partial charge in [0.1, 0.15) is 23.2 Å². The maximum atomic E-state index is 9.65. The number of nitrogens with two attached hydrogens (primary N) is 1. The highest BCUT2D eigenvalue weighted by Gasteiger charge is 2.19. The number of anilines is 1. The Hall–Kier alpha value is -2.36. The van der Waals surface area contributed by atoms with Gasteiger partial charge in [-0.15, -0.1) is 0 Å². The van der Waals surface area contributed by atoms with Crippen molar-refractivity contribution in [3.63, 3.8) is 0 Å². The molecule has 2 aromatic carbocycles. The van der Waals surface area contributed by atoms with Crippen LogP contribution in [0.3, 0.4) is 0 Å². The molecule has 3 rings (SSSR count). The molecule has 1 aromatic heterocycles. The summed E-state index contributed by atoms with van der Waals surface area (Å²) in [7, 11) is 1.60. The van der Waals surface area contributed by atoms with E-state index in [4.69, 9.17) is 10.5 Å². The Labute approximate surface area is 162 Å². The minimum absolute atomic E-state index is 0.209. The molecule has 0 saturated heterocycles. The van der Waals surface area contributed by atoms with Crippen molar-refractivity contribution in [2.24, 2.45) is 0 Å². The lowest BCUT2D eigenvalue weighted by Gasteiger charge is -2.15. The standard InChI is InChI=1S/C19H13Br2N3O/c1-25-18-15(20)7-12(8-16(18)21)17-13(9-22)19(23)24-10-14(17)11-5-3-2-4-6-11/h2-8,10H,1H3,(H2,23,24). The molecule has 0 aliphatic carbocycles. The Morgan fingerprint density at radius 3 is 2.28 bits per heavy atom. The van der Waals surface area contributed by atoms with E-state index in [1.807, 2.05) is 42.5 Å². The maximum Gasteiger partial charge on any atom is 0.147 e. The highest BCUT2D eigenvalue weighted by atomic mass is 79.9. The third-order valence-electron chi connectivity index (χ3n) is 3.80. The van der Waals surface area contributed by atoms with Crippen molar-refractivity contribution in [2.45, 2.75) is 0 Å². The average Bonchev–Trinajstić information content (AvgIpc) is 2.61. The van der Waals surface area contributed by atoms with E-state index in [-0.39, 0.29) is 5.82 Å². The van der Waals surface area contributed by atoms with Gasteiger partial charge in [-0.1, -0.05) is 30.3 Å². The number of halogens is 2. The largest absolute Gasteiger partial charge is 0.494 e. The number of ether oxygens (including phenoxy) is 1. The third-order valence-corrected chi connectivity index (χ3v) is 4.97. The molecule has 25 heavy (non-hydrogen) atoms. The van der Waals surface area contributed by atoms with E-state index in [1.54, 1.807) is 13.3 Å². The fourth-order valence-corrected chi connectivity index (χ4v) is 4.18. The Balaban J connectivity index is 2.36. The molecule has 0 atom stereocenters. The van der Waals surface area contributed by atoms with Crippen LogP contribution in [0.4, 0.5) is 5.82 Å². The number of benzene rings is 2. The topological polar surface area (TPSA) is 71.9 Å². The molecule has 124 valence electrons. The lowest BCUT2D eigenvalue weighted by Crippen LogP contribution is -2.00. The molecule has 4 nitrogen and oxygen atoms in total. The average molecular weight is 459 g/mol. The number of nitrogens with zero attached hydrogens (tertiary/aromatic N) is 2. The van der Waals surface area contributed by atoms with Crippen LogP contribution in [0.25, 0.3) is 22.3 Å². The number of hydrogen-bond donors (Lipinski definition) is 1. The zero-order valence-corrected chi connectivity index (χ0v) is 16.4. The van der Waals surface area contributed by atoms with Crippen LogP contribution >= 0.6 is 31.9 Å². The number of nitrogen functional groups attached to an aromatic ring is 1. The lowest BCUT2D eigenvalue weighted by atomic mass is 9.92. The first-order valence-electron chi connectivity index (χ1n) is 7.34. The van der Waals surface area contributed by atoms with Crippen molar-refractivity contribution in [1.82, 2.24) is 4.98 Å². The van der Waals surface area contributed by atoms with Gasteiger partial charge < -0.3 is 10.5 Å². The van der Waals surface area contributed by atoms with Gasteiger partial charge in [-0.25, -0.2) is 4.98 Å². The fourth-order valence-electron chi connectivity index (χ4n) is 2.67. The highest BCUT2D eigenvalue weighted by Crippen LogP contribution is 2.42. The van der Waals surface area contributed by atoms with Gasteiger partial charge in [-0.3, -0.25) is 0 Å². The summed E-state index contributed by atoms with van der Waals surface area (Å²) in [6.45, 7) is 0. The number of methoxy groups -OCH3 is 1. The number of rotatable bonds is 3. The van der Waals surface area contributed by atoms with Crippen LogP contribution in [0.5, 0.6) is 5.75 Å². The summed E-state index contributed by atoms with van der Waals surface area (Å²) < 4.78 is 6.92. The van der Waals surface area contributed by atoms with Crippen LogP contribution < -0.4 is 10.5 Å². The van der Waals surface area contributed by atoms with E-state index in [9.17, 15) is 5.26 Å². The summed E-state index contributed by atoms with van der Waals surface area (Å²) in [6.07, 6.45) is 1.70. The van der Waals surface area contributed by atoms with Crippen molar-refractivity contribution in [3.05, 3.63) is 63.2 Å². The lowest BCUT2D eigenvalue weighted by molar-refractivity contribution is 0.409. The van der Waals surface area contributed by atoms with E-state index in [1.165, 1.54) is 0 Å². The molecule has 0 aliphatic heterocycles. The van der Waals surface area contributed by atoms with E-state index in [0.717, 1.165) is 31.2 Å². The van der Waals surface area contributed by atoms with Crippen molar-refractivity contribution < 1.29 is 4.74 Å². The van der Waals surface area contributed by atoms with Gasteiger partial charge in [0.25, 0.3) is 0 Å². The molecule has 6 heteroatoms. The predicted octanol–water partition coefficient (Wildman–Crippen LogP) is 5.40. The summed E-state index contributed by atoms with van der Waals surface area (Å²) in [5, 5.41) is 9.65. The Morgan fingerprint density at radius 1 is 1.08 bits per heavy atom. The van der Waals surface area contributed by atoms with Crippen LogP contribution in [-0.2, 0) is 0 Å². The maximum absolute atomic E-state index is 9.65. The van der Waals surface area contributed by atoms with Crippen LogP contribution in [0, 0.1) is 11.3 Å². The van der Waals surface area contributed by atoms with Crippen molar-refractivity contribution >= 4 is 37.7 Å². The molecule has 0 bridgehead atoms. The van der Waals surface area contributed by atoms with Gasteiger partial charge in [0, 0.05) is 17.3 Å². The zero-order chi connectivity index (χ0) is 18.0. The van der Waals surface area contributed by atoms with Crippen molar-refractivity contribution in [1.29, 1.82) is 5.26 Å². The minimum Gasteiger partial charge on any atom is -0.494 e.